The lowest BCUT2D eigenvalue weighted by atomic mass is 9.91. The highest BCUT2D eigenvalue weighted by atomic mass is 19.4. The number of nitrogens with zero attached hydrogens (tertiary/aromatic N) is 4. The Kier molecular flexibility index (Phi) is 6.28. The molecule has 4 rings (SSSR count). The van der Waals surface area contributed by atoms with Crippen molar-refractivity contribution in [2.45, 2.75) is 44.8 Å². The Morgan fingerprint density at radius 1 is 1.18 bits per heavy atom. The van der Waals surface area contributed by atoms with Crippen molar-refractivity contribution in [3.8, 4) is 0 Å². The van der Waals surface area contributed by atoms with Crippen LogP contribution in [-0.4, -0.2) is 39.6 Å². The number of nitrogens with two attached hydrogens (primary N) is 1. The van der Waals surface area contributed by atoms with Gasteiger partial charge in [-0.05, 0) is 70.1 Å². The van der Waals surface area contributed by atoms with Gasteiger partial charge >= 0.3 is 6.18 Å². The number of rotatable bonds is 4. The molecule has 3 heterocycles. The molecule has 3 N–H and O–H groups in total. The molecule has 34 heavy (non-hydrogen) atoms. The summed E-state index contributed by atoms with van der Waals surface area (Å²) in [5, 5.41) is 3.89. The van der Waals surface area contributed by atoms with Gasteiger partial charge in [0, 0.05) is 30.8 Å². The number of likely N-dealkylation sites (tertiary alicyclic amines) is 1. The first-order chi connectivity index (χ1) is 15.9. The number of fused-ring (bicyclic) bond motifs is 1. The number of aromatic nitrogens is 3. The number of hydrogen-bond donors (Lipinski definition) is 2. The lowest BCUT2D eigenvalue weighted by Crippen LogP contribution is -2.34. The van der Waals surface area contributed by atoms with Crippen LogP contribution >= 0.6 is 0 Å². The fraction of sp³-hybridized carbons (Fsp3) is 0.458. The predicted octanol–water partition coefficient (Wildman–Crippen LogP) is 4.22. The van der Waals surface area contributed by atoms with E-state index in [-0.39, 0.29) is 17.2 Å². The van der Waals surface area contributed by atoms with Crippen LogP contribution in [0.2, 0.25) is 0 Å². The highest BCUT2D eigenvalue weighted by Crippen LogP contribution is 2.34. The zero-order chi connectivity index (χ0) is 24.8. The van der Waals surface area contributed by atoms with Crippen LogP contribution in [-0.2, 0) is 13.2 Å². The molecule has 2 atom stereocenters. The minimum Gasteiger partial charge on any atom is -0.399 e. The number of nitrogens with one attached hydrogen (secondary N) is 1. The van der Waals surface area contributed by atoms with Crippen molar-refractivity contribution in [1.29, 1.82) is 0 Å². The fourth-order valence-electron chi connectivity index (χ4n) is 4.66. The van der Waals surface area contributed by atoms with Crippen molar-refractivity contribution < 1.29 is 13.2 Å². The van der Waals surface area contributed by atoms with E-state index in [1.54, 1.807) is 20.9 Å². The molecule has 1 saturated heterocycles. The van der Waals surface area contributed by atoms with Crippen molar-refractivity contribution in [1.82, 2.24) is 19.4 Å². The minimum atomic E-state index is -4.50. The third-order valence-electron chi connectivity index (χ3n) is 6.43. The number of nitrogen functional groups attached to an aromatic ring is 1. The van der Waals surface area contributed by atoms with Gasteiger partial charge in [0.1, 0.15) is 17.3 Å². The highest BCUT2D eigenvalue weighted by Gasteiger charge is 2.31. The Labute approximate surface area is 195 Å². The van der Waals surface area contributed by atoms with Crippen LogP contribution in [0.3, 0.4) is 0 Å². The maximum absolute atomic E-state index is 13.3. The van der Waals surface area contributed by atoms with Crippen molar-refractivity contribution in [3.05, 3.63) is 57.1 Å². The van der Waals surface area contributed by atoms with Crippen molar-refractivity contribution in [3.63, 3.8) is 0 Å². The molecule has 10 heteroatoms. The van der Waals surface area contributed by atoms with Crippen LogP contribution in [0.15, 0.2) is 29.1 Å². The van der Waals surface area contributed by atoms with E-state index < -0.39 is 17.8 Å². The standard InChI is InChI=1S/C24H29F3N6O/c1-13(16-8-17(24(25,26)27)10-18(28)9-16)29-21-20-11-19(15-6-5-7-32(3)12-15)23(34)33(4)22(20)31-14(2)30-21/h8-11,13,15H,5-7,12,28H2,1-4H3,(H,29,30,31)/t13-,15?/m1/s1. The number of halogens is 3. The maximum Gasteiger partial charge on any atom is 0.416 e. The van der Waals surface area contributed by atoms with Crippen LogP contribution in [0.1, 0.15) is 54.2 Å². The van der Waals surface area contributed by atoms with Crippen LogP contribution in [0.4, 0.5) is 24.7 Å². The molecule has 7 nitrogen and oxygen atoms in total. The fourth-order valence-corrected chi connectivity index (χ4v) is 4.66. The second-order valence-corrected chi connectivity index (χ2v) is 9.17. The van der Waals surface area contributed by atoms with Gasteiger partial charge in [-0.3, -0.25) is 9.36 Å². The molecule has 0 saturated carbocycles. The lowest BCUT2D eigenvalue weighted by Gasteiger charge is -2.30. The molecule has 1 aliphatic rings. The lowest BCUT2D eigenvalue weighted by molar-refractivity contribution is -0.137. The molecular weight excluding hydrogens is 445 g/mol. The van der Waals surface area contributed by atoms with E-state index in [1.807, 2.05) is 13.1 Å². The maximum atomic E-state index is 13.3. The molecule has 0 aliphatic carbocycles. The molecule has 1 aromatic carbocycles. The highest BCUT2D eigenvalue weighted by molar-refractivity contribution is 5.87. The number of piperidine rings is 1. The molecule has 0 spiro atoms. The van der Waals surface area contributed by atoms with Crippen LogP contribution in [0.25, 0.3) is 11.0 Å². The van der Waals surface area contributed by atoms with E-state index in [4.69, 9.17) is 5.73 Å². The first kappa shape index (κ1) is 24.0. The van der Waals surface area contributed by atoms with E-state index in [2.05, 4.69) is 20.2 Å². The van der Waals surface area contributed by atoms with E-state index in [9.17, 15) is 18.0 Å². The summed E-state index contributed by atoms with van der Waals surface area (Å²) in [6, 6.07) is 4.84. The predicted molar refractivity (Wildman–Crippen MR) is 127 cm³/mol. The van der Waals surface area contributed by atoms with Crippen LogP contribution in [0, 0.1) is 6.92 Å². The van der Waals surface area contributed by atoms with Gasteiger partial charge in [0.15, 0.2) is 0 Å². The molecule has 182 valence electrons. The third-order valence-corrected chi connectivity index (χ3v) is 6.43. The average molecular weight is 475 g/mol. The number of aryl methyl sites for hydroxylation is 2. The number of pyridine rings is 1. The SMILES string of the molecule is Cc1nc(N[C@H](C)c2cc(N)cc(C(F)(F)F)c2)c2cc(C3CCCN(C)C3)c(=O)n(C)c2n1. The smallest absolute Gasteiger partial charge is 0.399 e. The van der Waals surface area contributed by atoms with E-state index in [0.717, 1.165) is 38.1 Å². The summed E-state index contributed by atoms with van der Waals surface area (Å²) >= 11 is 0. The first-order valence-corrected chi connectivity index (χ1v) is 11.2. The summed E-state index contributed by atoms with van der Waals surface area (Å²) in [7, 11) is 3.73. The summed E-state index contributed by atoms with van der Waals surface area (Å²) in [6.45, 7) is 5.25. The van der Waals surface area contributed by atoms with E-state index in [1.165, 1.54) is 10.6 Å². The largest absolute Gasteiger partial charge is 0.416 e. The Morgan fingerprint density at radius 2 is 1.91 bits per heavy atom. The van der Waals surface area contributed by atoms with Crippen LogP contribution < -0.4 is 16.6 Å². The molecule has 1 unspecified atom stereocenters. The Balaban J connectivity index is 1.78. The van der Waals surface area contributed by atoms with Gasteiger partial charge in [0.05, 0.1) is 17.0 Å². The second kappa shape index (κ2) is 8.90. The molecule has 0 radical (unpaired) electrons. The molecule has 1 fully saturated rings. The zero-order valence-electron chi connectivity index (χ0n) is 19.7. The van der Waals surface area contributed by atoms with Gasteiger partial charge in [-0.1, -0.05) is 0 Å². The van der Waals surface area contributed by atoms with Crippen molar-refractivity contribution in [2.24, 2.45) is 7.05 Å². The quantitative estimate of drug-likeness (QED) is 0.551. The normalized spacial score (nSPS) is 18.3. The molecular formula is C24H29F3N6O. The Morgan fingerprint density at radius 3 is 2.59 bits per heavy atom. The third kappa shape index (κ3) is 4.72. The number of anilines is 2. The number of benzene rings is 1. The molecule has 3 aromatic rings. The summed E-state index contributed by atoms with van der Waals surface area (Å²) in [6.07, 6.45) is -2.57. The Hall–Kier alpha value is -3.14. The molecule has 0 bridgehead atoms. The summed E-state index contributed by atoms with van der Waals surface area (Å²) in [4.78, 5) is 24.4. The van der Waals surface area contributed by atoms with Crippen molar-refractivity contribution >= 4 is 22.5 Å². The number of likely N-dealkylation sites (N-methyl/N-ethyl adjacent to an activating group) is 1. The van der Waals surface area contributed by atoms with Gasteiger partial charge in [0.2, 0.25) is 0 Å². The summed E-state index contributed by atoms with van der Waals surface area (Å²) in [5.74, 6) is 1.01. The second-order valence-electron chi connectivity index (χ2n) is 9.17. The van der Waals surface area contributed by atoms with Gasteiger partial charge in [-0.25, -0.2) is 9.97 Å². The van der Waals surface area contributed by atoms with E-state index in [0.29, 0.717) is 33.8 Å². The minimum absolute atomic E-state index is 0.0355. The topological polar surface area (TPSA) is 89.1 Å². The van der Waals surface area contributed by atoms with Crippen molar-refractivity contribution in [2.75, 3.05) is 31.2 Å². The molecule has 1 aliphatic heterocycles. The number of hydrogen-bond acceptors (Lipinski definition) is 6. The molecule has 0 amide bonds. The van der Waals surface area contributed by atoms with Gasteiger partial charge in [-0.2, -0.15) is 13.2 Å². The van der Waals surface area contributed by atoms with Crippen LogP contribution in [0.5, 0.6) is 0 Å². The van der Waals surface area contributed by atoms with Gasteiger partial charge < -0.3 is 16.0 Å². The monoisotopic (exact) mass is 474 g/mol. The summed E-state index contributed by atoms with van der Waals surface area (Å²) < 4.78 is 41.4. The average Bonchev–Trinajstić information content (AvgIpc) is 2.75. The van der Waals surface area contributed by atoms with Gasteiger partial charge in [0.25, 0.3) is 5.56 Å². The summed E-state index contributed by atoms with van der Waals surface area (Å²) in [5.41, 5.74) is 6.47. The zero-order valence-corrected chi connectivity index (χ0v) is 19.7. The van der Waals surface area contributed by atoms with Gasteiger partial charge in [-0.15, -0.1) is 0 Å². The van der Waals surface area contributed by atoms with E-state index >= 15 is 0 Å². The first-order valence-electron chi connectivity index (χ1n) is 11.2. The Bertz CT molecular complexity index is 1290. The number of alkyl halides is 3. The molecule has 2 aromatic heterocycles.